The van der Waals surface area contributed by atoms with Crippen molar-refractivity contribution in [3.63, 3.8) is 0 Å². The summed E-state index contributed by atoms with van der Waals surface area (Å²) in [5.74, 6) is -0.494. The van der Waals surface area contributed by atoms with E-state index in [1.165, 1.54) is 12.1 Å². The number of morpholine rings is 1. The van der Waals surface area contributed by atoms with Gasteiger partial charge in [0, 0.05) is 70.0 Å². The van der Waals surface area contributed by atoms with Gasteiger partial charge in [-0.25, -0.2) is 9.59 Å². The van der Waals surface area contributed by atoms with E-state index in [1.807, 2.05) is 29.2 Å². The molecule has 0 spiro atoms. The largest absolute Gasteiger partial charge is 0.505 e. The highest BCUT2D eigenvalue weighted by Gasteiger charge is 2.36. The maximum Gasteiger partial charge on any atom is 0.410 e. The average Bonchev–Trinajstić information content (AvgIpc) is 3.25. The van der Waals surface area contributed by atoms with Gasteiger partial charge in [-0.1, -0.05) is 41.4 Å². The number of para-hydroxylation sites is 1. The number of ether oxygens (including phenoxy) is 2. The van der Waals surface area contributed by atoms with E-state index >= 15 is 0 Å². The second kappa shape index (κ2) is 14.7. The first-order valence-corrected chi connectivity index (χ1v) is 16.9. The average molecular weight is 675 g/mol. The lowest BCUT2D eigenvalue weighted by Crippen LogP contribution is -2.53. The van der Waals surface area contributed by atoms with Gasteiger partial charge in [-0.2, -0.15) is 0 Å². The predicted molar refractivity (Wildman–Crippen MR) is 175 cm³/mol. The Kier molecular flexibility index (Phi) is 10.4. The van der Waals surface area contributed by atoms with Crippen molar-refractivity contribution in [1.29, 1.82) is 0 Å². The summed E-state index contributed by atoms with van der Waals surface area (Å²) in [5.41, 5.74) is 2.53. The maximum atomic E-state index is 13.9. The third kappa shape index (κ3) is 7.48. The number of anilines is 1. The Morgan fingerprint density at radius 2 is 1.54 bits per heavy atom. The van der Waals surface area contributed by atoms with Gasteiger partial charge in [0.2, 0.25) is 0 Å². The summed E-state index contributed by atoms with van der Waals surface area (Å²) in [7, 11) is 0. The number of likely N-dealkylation sites (tertiary alicyclic amines) is 2. The third-order valence-electron chi connectivity index (χ3n) is 9.66. The number of nitrogens with zero attached hydrogens (tertiary/aromatic N) is 4. The van der Waals surface area contributed by atoms with Crippen molar-refractivity contribution in [2.24, 2.45) is 0 Å². The van der Waals surface area contributed by atoms with Crippen molar-refractivity contribution >= 4 is 46.9 Å². The van der Waals surface area contributed by atoms with Gasteiger partial charge in [-0.05, 0) is 61.4 Å². The zero-order valence-corrected chi connectivity index (χ0v) is 27.3. The number of amides is 4. The summed E-state index contributed by atoms with van der Waals surface area (Å²) in [6.07, 6.45) is 2.07. The van der Waals surface area contributed by atoms with Gasteiger partial charge in [0.25, 0.3) is 5.91 Å². The smallest absolute Gasteiger partial charge is 0.410 e. The normalized spacial score (nSPS) is 20.9. The number of hydrogen-bond acceptors (Lipinski definition) is 7. The first-order chi connectivity index (χ1) is 22.3. The van der Waals surface area contributed by atoms with Gasteiger partial charge in [0.05, 0.1) is 23.3 Å². The van der Waals surface area contributed by atoms with Crippen molar-refractivity contribution in [1.82, 2.24) is 19.6 Å². The lowest BCUT2D eigenvalue weighted by atomic mass is 10.0. The standard InChI is InChI=1S/C33H41Cl2N5O6/c34-26-19-22(20-27(35)30(26)41)21-29(31(42)38-10-6-24(7-11-38)37-15-17-45-18-16-37)46-33(44)39-12-8-25(9-13-39)40-14-5-23-3-1-2-4-28(23)36-32(40)43/h1-4,19-20,24-25,29,41H,5-18,21H2,(H,36,43)/t29-/m1/s1. The quantitative estimate of drug-likeness (QED) is 0.460. The zero-order chi connectivity index (χ0) is 32.2. The molecule has 0 aliphatic carbocycles. The highest BCUT2D eigenvalue weighted by atomic mass is 35.5. The molecule has 4 amide bonds. The Balaban J connectivity index is 1.09. The number of hydrogen-bond donors (Lipinski definition) is 2. The minimum atomic E-state index is -1.09. The van der Waals surface area contributed by atoms with Crippen LogP contribution in [0.25, 0.3) is 0 Å². The van der Waals surface area contributed by atoms with E-state index < -0.39 is 12.2 Å². The molecule has 3 saturated heterocycles. The fraction of sp³-hybridized carbons (Fsp3) is 0.545. The third-order valence-corrected chi connectivity index (χ3v) is 10.2. The van der Waals surface area contributed by atoms with Crippen molar-refractivity contribution in [3.8, 4) is 5.75 Å². The lowest BCUT2D eigenvalue weighted by molar-refractivity contribution is -0.142. The number of carbonyl (C=O) groups excluding carboxylic acids is 3. The molecular weight excluding hydrogens is 633 g/mol. The van der Waals surface area contributed by atoms with Crippen LogP contribution in [0.4, 0.5) is 15.3 Å². The summed E-state index contributed by atoms with van der Waals surface area (Å²) in [5, 5.41) is 13.2. The van der Waals surface area contributed by atoms with Crippen LogP contribution in [-0.2, 0) is 27.1 Å². The van der Waals surface area contributed by atoms with E-state index in [2.05, 4.69) is 10.2 Å². The molecular formula is C33H41Cl2N5O6. The van der Waals surface area contributed by atoms with Gasteiger partial charge in [-0.15, -0.1) is 0 Å². The molecule has 46 heavy (non-hydrogen) atoms. The Morgan fingerprint density at radius 1 is 0.913 bits per heavy atom. The van der Waals surface area contributed by atoms with Crippen LogP contribution in [0.2, 0.25) is 10.0 Å². The van der Waals surface area contributed by atoms with Crippen molar-refractivity contribution in [2.75, 3.05) is 64.3 Å². The van der Waals surface area contributed by atoms with Gasteiger partial charge in [-0.3, -0.25) is 9.69 Å². The molecule has 0 bridgehead atoms. The first-order valence-electron chi connectivity index (χ1n) is 16.2. The maximum absolute atomic E-state index is 13.9. The molecule has 0 saturated carbocycles. The van der Waals surface area contributed by atoms with Crippen molar-refractivity contribution in [2.45, 2.75) is 56.7 Å². The lowest BCUT2D eigenvalue weighted by Gasteiger charge is -2.41. The second-order valence-electron chi connectivity index (χ2n) is 12.4. The summed E-state index contributed by atoms with van der Waals surface area (Å²) in [6, 6.07) is 11.2. The molecule has 6 rings (SSSR count). The van der Waals surface area contributed by atoms with Crippen LogP contribution in [0.3, 0.4) is 0 Å². The SMILES string of the molecule is O=C(O[C@H](Cc1cc(Cl)c(O)c(Cl)c1)C(=O)N1CCC(N2CCOCC2)CC1)N1CCC(N2CCc3ccccc3NC2=O)CC1. The number of urea groups is 1. The molecule has 2 N–H and O–H groups in total. The molecule has 0 radical (unpaired) electrons. The van der Waals surface area contributed by atoms with E-state index in [0.717, 1.165) is 56.8 Å². The molecule has 4 heterocycles. The number of carbonyl (C=O) groups is 3. The number of fused-ring (bicyclic) bond motifs is 1. The number of aromatic hydroxyl groups is 1. The van der Waals surface area contributed by atoms with E-state index in [0.29, 0.717) is 57.2 Å². The van der Waals surface area contributed by atoms with E-state index in [1.54, 1.807) is 9.80 Å². The highest BCUT2D eigenvalue weighted by molar-refractivity contribution is 6.37. The highest BCUT2D eigenvalue weighted by Crippen LogP contribution is 2.34. The fourth-order valence-electron chi connectivity index (χ4n) is 7.02. The van der Waals surface area contributed by atoms with E-state index in [9.17, 15) is 19.5 Å². The number of nitrogens with one attached hydrogen (secondary N) is 1. The van der Waals surface area contributed by atoms with Crippen LogP contribution < -0.4 is 5.32 Å². The molecule has 4 aliphatic rings. The van der Waals surface area contributed by atoms with Gasteiger partial charge in [0.15, 0.2) is 11.9 Å². The number of phenolic OH excluding ortho intramolecular Hbond substituents is 1. The predicted octanol–water partition coefficient (Wildman–Crippen LogP) is 4.62. The Bertz CT molecular complexity index is 1400. The van der Waals surface area contributed by atoms with Crippen LogP contribution in [-0.4, -0.2) is 120 Å². The molecule has 13 heteroatoms. The van der Waals surface area contributed by atoms with Crippen LogP contribution in [0.5, 0.6) is 5.75 Å². The monoisotopic (exact) mass is 673 g/mol. The number of piperidine rings is 2. The van der Waals surface area contributed by atoms with Crippen LogP contribution >= 0.6 is 23.2 Å². The summed E-state index contributed by atoms with van der Waals surface area (Å²) in [4.78, 5) is 48.1. The number of rotatable bonds is 6. The Labute approximate surface area is 279 Å². The molecule has 11 nitrogen and oxygen atoms in total. The Morgan fingerprint density at radius 3 is 2.24 bits per heavy atom. The van der Waals surface area contributed by atoms with Gasteiger partial charge >= 0.3 is 12.1 Å². The second-order valence-corrected chi connectivity index (χ2v) is 13.3. The minimum Gasteiger partial charge on any atom is -0.505 e. The molecule has 3 fully saturated rings. The van der Waals surface area contributed by atoms with E-state index in [4.69, 9.17) is 32.7 Å². The van der Waals surface area contributed by atoms with E-state index in [-0.39, 0.29) is 40.2 Å². The summed E-state index contributed by atoms with van der Waals surface area (Å²) < 4.78 is 11.4. The molecule has 0 aromatic heterocycles. The van der Waals surface area contributed by atoms with Crippen LogP contribution in [0, 0.1) is 0 Å². The molecule has 0 unspecified atom stereocenters. The number of halogens is 2. The fourth-order valence-corrected chi connectivity index (χ4v) is 7.55. The first kappa shape index (κ1) is 32.7. The van der Waals surface area contributed by atoms with Gasteiger partial charge < -0.3 is 34.6 Å². The van der Waals surface area contributed by atoms with Gasteiger partial charge in [0.1, 0.15) is 0 Å². The van der Waals surface area contributed by atoms with Crippen molar-refractivity contribution < 1.29 is 29.0 Å². The van der Waals surface area contributed by atoms with Crippen LogP contribution in [0.15, 0.2) is 36.4 Å². The summed E-state index contributed by atoms with van der Waals surface area (Å²) >= 11 is 12.4. The number of phenols is 1. The Hall–Kier alpha value is -3.25. The summed E-state index contributed by atoms with van der Waals surface area (Å²) in [6.45, 7) is 5.80. The topological polar surface area (TPSA) is 115 Å². The number of benzene rings is 2. The molecule has 1 atom stereocenters. The molecule has 248 valence electrons. The molecule has 2 aromatic carbocycles. The minimum absolute atomic E-state index is 0.00941. The zero-order valence-electron chi connectivity index (χ0n) is 25.8. The molecule has 2 aromatic rings. The van der Waals surface area contributed by atoms with Crippen LogP contribution in [0.1, 0.15) is 36.8 Å². The molecule has 4 aliphatic heterocycles. The van der Waals surface area contributed by atoms with Crippen molar-refractivity contribution in [3.05, 3.63) is 57.6 Å².